The van der Waals surface area contributed by atoms with E-state index in [9.17, 15) is 9.59 Å². The van der Waals surface area contributed by atoms with Crippen molar-refractivity contribution >= 4 is 12.0 Å². The second-order valence-corrected chi connectivity index (χ2v) is 7.48. The number of hydrogen-bond acceptors (Lipinski definition) is 5. The molecule has 0 atom stereocenters. The van der Waals surface area contributed by atoms with Crippen molar-refractivity contribution in [2.24, 2.45) is 0 Å². The average molecular weight is 396 g/mol. The van der Waals surface area contributed by atoms with E-state index in [4.69, 9.17) is 9.84 Å². The lowest BCUT2D eigenvalue weighted by molar-refractivity contribution is 0.0551. The molecule has 0 spiro atoms. The van der Waals surface area contributed by atoms with Gasteiger partial charge in [-0.05, 0) is 43.4 Å². The van der Waals surface area contributed by atoms with Gasteiger partial charge < -0.3 is 19.6 Å². The molecular formula is C21H24N4O4. The van der Waals surface area contributed by atoms with Crippen LogP contribution in [0.15, 0.2) is 36.7 Å². The number of nitrogens with zero attached hydrogens (tertiary/aromatic N) is 4. The molecule has 8 heteroatoms. The van der Waals surface area contributed by atoms with E-state index in [1.54, 1.807) is 12.4 Å². The van der Waals surface area contributed by atoms with Crippen LogP contribution in [0.3, 0.4) is 0 Å². The van der Waals surface area contributed by atoms with E-state index in [1.807, 2.05) is 29.2 Å². The van der Waals surface area contributed by atoms with E-state index in [2.05, 4.69) is 9.97 Å². The van der Waals surface area contributed by atoms with Gasteiger partial charge >= 0.3 is 12.1 Å². The number of ether oxygens (including phenoxy) is 1. The molecule has 0 unspecified atom stereocenters. The Labute approximate surface area is 169 Å². The minimum absolute atomic E-state index is 0.0267. The van der Waals surface area contributed by atoms with Crippen molar-refractivity contribution in [2.45, 2.75) is 37.8 Å². The number of rotatable bonds is 5. The predicted octanol–water partition coefficient (Wildman–Crippen LogP) is 2.90. The molecule has 4 rings (SSSR count). The Morgan fingerprint density at radius 2 is 1.59 bits per heavy atom. The highest BCUT2D eigenvalue weighted by molar-refractivity contribution is 5.95. The lowest BCUT2D eigenvalue weighted by atomic mass is 10.0. The summed E-state index contributed by atoms with van der Waals surface area (Å²) in [4.78, 5) is 36.0. The fraction of sp³-hybridized carbons (Fsp3) is 0.429. The largest absolute Gasteiger partial charge is 0.467 e. The Bertz CT molecular complexity index is 873. The van der Waals surface area contributed by atoms with Crippen LogP contribution in [0.2, 0.25) is 0 Å². The monoisotopic (exact) mass is 396 g/mol. The second kappa shape index (κ2) is 8.06. The van der Waals surface area contributed by atoms with Crippen molar-refractivity contribution in [1.29, 1.82) is 0 Å². The lowest BCUT2D eigenvalue weighted by Gasteiger charge is -2.38. The van der Waals surface area contributed by atoms with E-state index in [0.717, 1.165) is 24.0 Å². The quantitative estimate of drug-likeness (QED) is 0.835. The van der Waals surface area contributed by atoms with E-state index < -0.39 is 6.09 Å². The van der Waals surface area contributed by atoms with Gasteiger partial charge in [0.15, 0.2) is 0 Å². The number of carbonyl (C=O) groups is 2. The normalized spacial score (nSPS) is 17.1. The highest BCUT2D eigenvalue weighted by Crippen LogP contribution is 2.33. The molecule has 2 fully saturated rings. The molecule has 8 nitrogen and oxygen atoms in total. The van der Waals surface area contributed by atoms with Crippen LogP contribution in [-0.4, -0.2) is 69.2 Å². The van der Waals surface area contributed by atoms with Crippen molar-refractivity contribution in [3.8, 4) is 17.1 Å². The summed E-state index contributed by atoms with van der Waals surface area (Å²) in [5, 5.41) is 9.15. The first-order valence-electron chi connectivity index (χ1n) is 9.84. The van der Waals surface area contributed by atoms with Crippen LogP contribution in [0, 0.1) is 0 Å². The number of methoxy groups -OCH3 is 1. The Morgan fingerprint density at radius 1 is 1.00 bits per heavy atom. The van der Waals surface area contributed by atoms with Crippen molar-refractivity contribution in [3.63, 3.8) is 0 Å². The van der Waals surface area contributed by atoms with Crippen LogP contribution in [0.4, 0.5) is 4.79 Å². The molecule has 1 saturated carbocycles. The van der Waals surface area contributed by atoms with Gasteiger partial charge in [0, 0.05) is 48.7 Å². The fourth-order valence-electron chi connectivity index (χ4n) is 3.84. The zero-order valence-corrected chi connectivity index (χ0v) is 16.3. The Kier molecular flexibility index (Phi) is 5.33. The maximum Gasteiger partial charge on any atom is 0.407 e. The summed E-state index contributed by atoms with van der Waals surface area (Å²) in [6.45, 7) is 0.958. The topological polar surface area (TPSA) is 95.9 Å². The average Bonchev–Trinajstić information content (AvgIpc) is 3.59. The summed E-state index contributed by atoms with van der Waals surface area (Å²) in [5.74, 6) is 0.0267. The smallest absolute Gasteiger partial charge is 0.407 e. The van der Waals surface area contributed by atoms with Crippen LogP contribution >= 0.6 is 0 Å². The van der Waals surface area contributed by atoms with Crippen molar-refractivity contribution < 1.29 is 19.4 Å². The van der Waals surface area contributed by atoms with Gasteiger partial charge in [0.25, 0.3) is 5.91 Å². The third-order valence-electron chi connectivity index (χ3n) is 5.58. The van der Waals surface area contributed by atoms with Crippen LogP contribution in [0.25, 0.3) is 11.1 Å². The number of piperidine rings is 1. The molecule has 29 heavy (non-hydrogen) atoms. The number of aromatic nitrogens is 2. The molecule has 1 N–H and O–H groups in total. The molecule has 0 radical (unpaired) electrons. The zero-order valence-electron chi connectivity index (χ0n) is 16.3. The van der Waals surface area contributed by atoms with Gasteiger partial charge in [0.1, 0.15) is 0 Å². The second-order valence-electron chi connectivity index (χ2n) is 7.48. The van der Waals surface area contributed by atoms with Gasteiger partial charge in [-0.15, -0.1) is 0 Å². The third-order valence-corrected chi connectivity index (χ3v) is 5.58. The molecule has 2 aromatic rings. The molecule has 1 aromatic heterocycles. The van der Waals surface area contributed by atoms with Crippen LogP contribution in [0.1, 0.15) is 36.0 Å². The Hall–Kier alpha value is -3.16. The van der Waals surface area contributed by atoms with Gasteiger partial charge in [-0.2, -0.15) is 0 Å². The molecule has 1 aliphatic heterocycles. The minimum Gasteiger partial charge on any atom is -0.467 e. The lowest BCUT2D eigenvalue weighted by Crippen LogP contribution is -2.49. The number of benzene rings is 1. The first-order valence-corrected chi connectivity index (χ1v) is 9.84. The fourth-order valence-corrected chi connectivity index (χ4v) is 3.84. The van der Waals surface area contributed by atoms with E-state index >= 15 is 0 Å². The molecule has 2 heterocycles. The van der Waals surface area contributed by atoms with E-state index in [0.29, 0.717) is 37.5 Å². The molecule has 2 aliphatic rings. The summed E-state index contributed by atoms with van der Waals surface area (Å²) in [5.41, 5.74) is 2.43. The third kappa shape index (κ3) is 4.16. The van der Waals surface area contributed by atoms with E-state index in [-0.39, 0.29) is 18.0 Å². The highest BCUT2D eigenvalue weighted by atomic mass is 16.5. The van der Waals surface area contributed by atoms with Gasteiger partial charge in [0.05, 0.1) is 7.11 Å². The maximum atomic E-state index is 13.2. The highest BCUT2D eigenvalue weighted by Gasteiger charge is 2.39. The van der Waals surface area contributed by atoms with Crippen molar-refractivity contribution in [1.82, 2.24) is 19.8 Å². The first kappa shape index (κ1) is 19.2. The van der Waals surface area contributed by atoms with Crippen LogP contribution < -0.4 is 4.74 Å². The van der Waals surface area contributed by atoms with Gasteiger partial charge in [-0.3, -0.25) is 4.79 Å². The Morgan fingerprint density at radius 3 is 2.10 bits per heavy atom. The molecule has 2 amide bonds. The van der Waals surface area contributed by atoms with Crippen LogP contribution in [0.5, 0.6) is 6.01 Å². The predicted molar refractivity (Wildman–Crippen MR) is 106 cm³/mol. The van der Waals surface area contributed by atoms with E-state index in [1.165, 1.54) is 12.0 Å². The van der Waals surface area contributed by atoms with Gasteiger partial charge in [-0.1, -0.05) is 12.1 Å². The summed E-state index contributed by atoms with van der Waals surface area (Å²) in [7, 11) is 1.52. The summed E-state index contributed by atoms with van der Waals surface area (Å²) >= 11 is 0. The molecule has 152 valence electrons. The molecule has 0 bridgehead atoms. The van der Waals surface area contributed by atoms with Crippen molar-refractivity contribution in [3.05, 3.63) is 42.2 Å². The van der Waals surface area contributed by atoms with Crippen LogP contribution in [-0.2, 0) is 0 Å². The van der Waals surface area contributed by atoms with Crippen molar-refractivity contribution in [2.75, 3.05) is 20.2 Å². The summed E-state index contributed by atoms with van der Waals surface area (Å²) in [6, 6.07) is 8.16. The first-order chi connectivity index (χ1) is 14.1. The van der Waals surface area contributed by atoms with Gasteiger partial charge in [-0.25, -0.2) is 14.8 Å². The standard InChI is InChI=1S/C21H24N4O4/c1-29-20-22-12-16(13-23-20)14-2-4-15(5-3-14)19(26)25(17-6-7-17)18-8-10-24(11-9-18)21(27)28/h2-5,12-13,17-18H,6-11H2,1H3,(H,27,28). The molecule has 1 saturated heterocycles. The summed E-state index contributed by atoms with van der Waals surface area (Å²) in [6.07, 6.45) is 5.92. The molecular weight excluding hydrogens is 372 g/mol. The van der Waals surface area contributed by atoms with Gasteiger partial charge in [0.2, 0.25) is 0 Å². The number of carboxylic acid groups (broad SMARTS) is 1. The summed E-state index contributed by atoms with van der Waals surface area (Å²) < 4.78 is 4.98. The molecule has 1 aliphatic carbocycles. The number of carbonyl (C=O) groups excluding carboxylic acids is 1. The SMILES string of the molecule is COc1ncc(-c2ccc(C(=O)N(C3CC3)C3CCN(C(=O)O)CC3)cc2)cn1. The number of likely N-dealkylation sites (tertiary alicyclic amines) is 1. The maximum absolute atomic E-state index is 13.2. The molecule has 1 aromatic carbocycles. The number of hydrogen-bond donors (Lipinski definition) is 1. The Balaban J connectivity index is 1.47. The minimum atomic E-state index is -0.883. The zero-order chi connectivity index (χ0) is 20.4. The number of amides is 2.